The van der Waals surface area contributed by atoms with Gasteiger partial charge in [-0.25, -0.2) is 9.97 Å². The lowest BCUT2D eigenvalue weighted by Gasteiger charge is -2.13. The van der Waals surface area contributed by atoms with Gasteiger partial charge in [0.1, 0.15) is 0 Å². The number of hydrogen-bond acceptors (Lipinski definition) is 2. The molecule has 8 aromatic carbocycles. The van der Waals surface area contributed by atoms with E-state index in [1.807, 2.05) is 12.1 Å². The molecule has 0 aliphatic carbocycles. The Morgan fingerprint density at radius 2 is 0.661 bits per heavy atom. The van der Waals surface area contributed by atoms with E-state index in [0.29, 0.717) is 5.95 Å². The third-order valence-electron chi connectivity index (χ3n) is 11.0. The molecule has 4 heteroatoms. The van der Waals surface area contributed by atoms with Crippen LogP contribution in [-0.2, 0) is 0 Å². The van der Waals surface area contributed by atoms with E-state index < -0.39 is 0 Å². The summed E-state index contributed by atoms with van der Waals surface area (Å²) in [6, 6.07) is 73.2. The molecule has 0 bridgehead atoms. The van der Waals surface area contributed by atoms with Gasteiger partial charge in [-0.2, -0.15) is 0 Å². The van der Waals surface area contributed by atoms with E-state index in [-0.39, 0.29) is 0 Å². The second kappa shape index (κ2) is 13.1. The summed E-state index contributed by atoms with van der Waals surface area (Å²) in [6.07, 6.45) is 0. The molecule has 0 atom stereocenters. The van der Waals surface area contributed by atoms with Gasteiger partial charge >= 0.3 is 0 Å². The Bertz CT molecular complexity index is 3220. The first-order chi connectivity index (χ1) is 27.8. The molecule has 0 saturated carbocycles. The van der Waals surface area contributed by atoms with Gasteiger partial charge in [-0.3, -0.25) is 4.57 Å². The molecule has 262 valence electrons. The second-order valence-electron chi connectivity index (χ2n) is 14.3. The maximum atomic E-state index is 5.34. The summed E-state index contributed by atoms with van der Waals surface area (Å²) in [5, 5.41) is 4.80. The fourth-order valence-electron chi connectivity index (χ4n) is 8.27. The molecule has 0 aliphatic heterocycles. The van der Waals surface area contributed by atoms with Crippen LogP contribution in [-0.4, -0.2) is 19.1 Å². The first-order valence-electron chi connectivity index (χ1n) is 19.0. The maximum Gasteiger partial charge on any atom is 0.235 e. The van der Waals surface area contributed by atoms with Gasteiger partial charge in [0.2, 0.25) is 5.95 Å². The zero-order valence-corrected chi connectivity index (χ0v) is 30.4. The highest BCUT2D eigenvalue weighted by molar-refractivity contribution is 6.12. The number of rotatable bonds is 6. The lowest BCUT2D eigenvalue weighted by atomic mass is 10.0. The number of fused-ring (bicyclic) bond motifs is 6. The van der Waals surface area contributed by atoms with Crippen molar-refractivity contribution in [2.24, 2.45) is 0 Å². The molecule has 0 amide bonds. The van der Waals surface area contributed by atoms with Crippen LogP contribution in [0.15, 0.2) is 206 Å². The minimum atomic E-state index is 0.636. The highest BCUT2D eigenvalue weighted by Gasteiger charge is 2.19. The number of hydrogen-bond donors (Lipinski definition) is 0. The van der Waals surface area contributed by atoms with Crippen molar-refractivity contribution < 1.29 is 0 Å². The summed E-state index contributed by atoms with van der Waals surface area (Å²) in [5.74, 6) is 0.636. The van der Waals surface area contributed by atoms with Crippen LogP contribution >= 0.6 is 0 Å². The third kappa shape index (κ3) is 5.31. The topological polar surface area (TPSA) is 35.6 Å². The van der Waals surface area contributed by atoms with Gasteiger partial charge in [-0.15, -0.1) is 0 Å². The van der Waals surface area contributed by atoms with Gasteiger partial charge in [-0.1, -0.05) is 164 Å². The van der Waals surface area contributed by atoms with Crippen LogP contribution in [0.5, 0.6) is 0 Å². The van der Waals surface area contributed by atoms with E-state index in [4.69, 9.17) is 9.97 Å². The summed E-state index contributed by atoms with van der Waals surface area (Å²) in [7, 11) is 0. The fraction of sp³-hybridized carbons (Fsp3) is 0. The van der Waals surface area contributed by atoms with Crippen LogP contribution in [0.25, 0.3) is 100 Å². The number of nitrogens with zero attached hydrogens (tertiary/aromatic N) is 4. The Labute approximate surface area is 324 Å². The van der Waals surface area contributed by atoms with Crippen molar-refractivity contribution in [1.29, 1.82) is 0 Å². The van der Waals surface area contributed by atoms with Crippen molar-refractivity contribution in [3.63, 3.8) is 0 Å². The van der Waals surface area contributed by atoms with E-state index >= 15 is 0 Å². The van der Waals surface area contributed by atoms with E-state index in [0.717, 1.165) is 61.1 Å². The lowest BCUT2D eigenvalue weighted by molar-refractivity contribution is 0.996. The van der Waals surface area contributed by atoms with Crippen LogP contribution in [0.4, 0.5) is 0 Å². The van der Waals surface area contributed by atoms with E-state index in [2.05, 4.69) is 203 Å². The van der Waals surface area contributed by atoms with Crippen LogP contribution < -0.4 is 0 Å². The highest BCUT2D eigenvalue weighted by Crippen LogP contribution is 2.38. The molecule has 0 saturated heterocycles. The molecule has 0 fully saturated rings. The molecule has 0 N–H and O–H groups in total. The molecule has 11 aromatic rings. The lowest BCUT2D eigenvalue weighted by Crippen LogP contribution is -2.04. The van der Waals surface area contributed by atoms with Gasteiger partial charge in [0.05, 0.1) is 33.5 Å². The highest BCUT2D eigenvalue weighted by atomic mass is 15.2. The fourth-order valence-corrected chi connectivity index (χ4v) is 8.27. The van der Waals surface area contributed by atoms with Gasteiger partial charge in [0, 0.05) is 38.4 Å². The quantitative estimate of drug-likeness (QED) is 0.172. The Hall–Kier alpha value is -7.56. The summed E-state index contributed by atoms with van der Waals surface area (Å²) < 4.78 is 4.61. The first-order valence-corrected chi connectivity index (χ1v) is 19.0. The smallest absolute Gasteiger partial charge is 0.235 e. The van der Waals surface area contributed by atoms with Crippen molar-refractivity contribution in [3.8, 4) is 56.4 Å². The molecule has 0 unspecified atom stereocenters. The number of para-hydroxylation sites is 3. The maximum absolute atomic E-state index is 5.34. The zero-order valence-electron chi connectivity index (χ0n) is 30.4. The van der Waals surface area contributed by atoms with Gasteiger partial charge < -0.3 is 4.57 Å². The van der Waals surface area contributed by atoms with Crippen molar-refractivity contribution in [2.45, 2.75) is 0 Å². The predicted molar refractivity (Wildman–Crippen MR) is 232 cm³/mol. The zero-order chi connectivity index (χ0) is 37.0. The summed E-state index contributed by atoms with van der Waals surface area (Å²) in [4.78, 5) is 10.6. The van der Waals surface area contributed by atoms with Crippen molar-refractivity contribution in [2.75, 3.05) is 0 Å². The molecular weight excluding hydrogens is 681 g/mol. The first kappa shape index (κ1) is 31.9. The largest absolute Gasteiger partial charge is 0.309 e. The Morgan fingerprint density at radius 1 is 0.268 bits per heavy atom. The van der Waals surface area contributed by atoms with Crippen LogP contribution in [0.3, 0.4) is 0 Å². The Kier molecular flexibility index (Phi) is 7.46. The predicted octanol–water partition coefficient (Wildman–Crippen LogP) is 13.3. The third-order valence-corrected chi connectivity index (χ3v) is 11.0. The van der Waals surface area contributed by atoms with Crippen molar-refractivity contribution in [1.82, 2.24) is 19.1 Å². The van der Waals surface area contributed by atoms with E-state index in [9.17, 15) is 0 Å². The monoisotopic (exact) mass is 714 g/mol. The van der Waals surface area contributed by atoms with Gasteiger partial charge in [0.15, 0.2) is 0 Å². The van der Waals surface area contributed by atoms with Crippen LogP contribution in [0.1, 0.15) is 0 Å². The van der Waals surface area contributed by atoms with Crippen LogP contribution in [0.2, 0.25) is 0 Å². The average Bonchev–Trinajstić information content (AvgIpc) is 3.79. The normalized spacial score (nSPS) is 11.6. The Morgan fingerprint density at radius 3 is 1.25 bits per heavy atom. The molecular formula is C52H34N4. The van der Waals surface area contributed by atoms with Crippen molar-refractivity contribution in [3.05, 3.63) is 206 Å². The van der Waals surface area contributed by atoms with E-state index in [1.54, 1.807) is 0 Å². The molecule has 0 spiro atoms. The molecule has 11 rings (SSSR count). The molecule has 3 aromatic heterocycles. The summed E-state index contributed by atoms with van der Waals surface area (Å²) >= 11 is 0. The SMILES string of the molecule is c1ccc(-c2ccc(-c3cc(-c4ccccc4)nc(-n4c5ccccc5c5ccc(-c6ccc7c8ccccc8n(-c8ccccc8)c7c6)cc54)n3)cc2)cc1. The Balaban J connectivity index is 1.11. The van der Waals surface area contributed by atoms with Gasteiger partial charge in [0.25, 0.3) is 0 Å². The minimum absolute atomic E-state index is 0.636. The molecule has 3 heterocycles. The molecule has 0 radical (unpaired) electrons. The van der Waals surface area contributed by atoms with Gasteiger partial charge in [-0.05, 0) is 64.7 Å². The summed E-state index contributed by atoms with van der Waals surface area (Å²) in [5.41, 5.74) is 14.1. The standard InChI is InChI=1S/C52H34N4/c1-4-14-35(15-5-1)36-24-26-38(27-25-36)47-34-46(37-16-6-2-7-17-37)53-52(54-47)56-49-23-13-11-21-43(49)45-31-29-40(33-51(45)56)39-28-30-44-42-20-10-12-22-48(42)55(50(44)32-39)41-18-8-3-9-19-41/h1-34H. The summed E-state index contributed by atoms with van der Waals surface area (Å²) in [6.45, 7) is 0. The van der Waals surface area contributed by atoms with E-state index in [1.165, 1.54) is 32.9 Å². The minimum Gasteiger partial charge on any atom is -0.309 e. The molecule has 0 aliphatic rings. The molecule has 4 nitrogen and oxygen atoms in total. The van der Waals surface area contributed by atoms with Crippen LogP contribution in [0, 0.1) is 0 Å². The van der Waals surface area contributed by atoms with Crippen molar-refractivity contribution >= 4 is 43.6 Å². The second-order valence-corrected chi connectivity index (χ2v) is 14.3. The number of aromatic nitrogens is 4. The molecule has 56 heavy (non-hydrogen) atoms. The number of benzene rings is 8. The average molecular weight is 715 g/mol.